The van der Waals surface area contributed by atoms with Gasteiger partial charge < -0.3 is 9.64 Å². The van der Waals surface area contributed by atoms with Crippen LogP contribution in [0.4, 0.5) is 20.6 Å². The van der Waals surface area contributed by atoms with Gasteiger partial charge in [-0.3, -0.25) is 14.4 Å². The van der Waals surface area contributed by atoms with Crippen molar-refractivity contribution >= 4 is 23.4 Å². The van der Waals surface area contributed by atoms with E-state index in [1.54, 1.807) is 17.2 Å². The molecule has 0 unspecified atom stereocenters. The van der Waals surface area contributed by atoms with Gasteiger partial charge >= 0.3 is 6.09 Å². The van der Waals surface area contributed by atoms with Crippen LogP contribution < -0.4 is 14.5 Å². The zero-order valence-electron chi connectivity index (χ0n) is 17.9. The van der Waals surface area contributed by atoms with E-state index in [0.29, 0.717) is 17.4 Å². The van der Waals surface area contributed by atoms with Crippen molar-refractivity contribution < 1.29 is 18.7 Å². The third-order valence-electron chi connectivity index (χ3n) is 5.86. The Kier molecular flexibility index (Phi) is 4.92. The Morgan fingerprint density at radius 1 is 1.09 bits per heavy atom. The fourth-order valence-electron chi connectivity index (χ4n) is 4.16. The van der Waals surface area contributed by atoms with E-state index in [-0.39, 0.29) is 24.2 Å². The summed E-state index contributed by atoms with van der Waals surface area (Å²) < 4.78 is 21.4. The molecular formula is C24H23FN4O3. The first-order valence-electron chi connectivity index (χ1n) is 10.6. The monoisotopic (exact) mass is 434 g/mol. The minimum absolute atomic E-state index is 0.116. The molecule has 1 saturated carbocycles. The van der Waals surface area contributed by atoms with E-state index in [1.165, 1.54) is 30.0 Å². The number of hydrogen-bond acceptors (Lipinski definition) is 4. The van der Waals surface area contributed by atoms with Crippen molar-refractivity contribution in [3.05, 3.63) is 60.7 Å². The molecule has 1 aliphatic carbocycles. The van der Waals surface area contributed by atoms with Crippen LogP contribution in [0.3, 0.4) is 0 Å². The van der Waals surface area contributed by atoms with Gasteiger partial charge in [0.1, 0.15) is 0 Å². The van der Waals surface area contributed by atoms with Gasteiger partial charge in [-0.15, -0.1) is 0 Å². The zero-order valence-corrected chi connectivity index (χ0v) is 17.9. The molecule has 5 rings (SSSR count). The molecule has 1 fully saturated rings. The predicted molar refractivity (Wildman–Crippen MR) is 118 cm³/mol. The van der Waals surface area contributed by atoms with E-state index >= 15 is 0 Å². The van der Waals surface area contributed by atoms with Crippen LogP contribution in [-0.4, -0.2) is 34.4 Å². The first-order valence-corrected chi connectivity index (χ1v) is 10.6. The standard InChI is InChI=1S/C24H23FN4O3/c1-15-13-27(24(31)32-23-6-4-3-5-20(23)25)22-11-17(7-10-21(22)29(15)16(2)30)18-12-26-28(14-18)19-8-9-19/h3-7,10-12,14-15,19H,8-9,13H2,1-2H3/t15-/m0/s1. The third-order valence-corrected chi connectivity index (χ3v) is 5.86. The smallest absolute Gasteiger partial charge is 0.407 e. The van der Waals surface area contributed by atoms with Crippen LogP contribution in [0.15, 0.2) is 54.9 Å². The Hall–Kier alpha value is -3.68. The maximum absolute atomic E-state index is 14.1. The Balaban J connectivity index is 1.53. The lowest BCUT2D eigenvalue weighted by molar-refractivity contribution is -0.117. The first kappa shape index (κ1) is 20.2. The highest BCUT2D eigenvalue weighted by Gasteiger charge is 2.35. The van der Waals surface area contributed by atoms with Gasteiger partial charge in [-0.05, 0) is 49.6 Å². The van der Waals surface area contributed by atoms with Crippen molar-refractivity contribution in [1.82, 2.24) is 9.78 Å². The molecule has 32 heavy (non-hydrogen) atoms. The van der Waals surface area contributed by atoms with Gasteiger partial charge in [0.15, 0.2) is 11.6 Å². The molecule has 0 radical (unpaired) electrons. The van der Waals surface area contributed by atoms with Crippen LogP contribution in [-0.2, 0) is 4.79 Å². The van der Waals surface area contributed by atoms with E-state index in [0.717, 1.165) is 24.0 Å². The summed E-state index contributed by atoms with van der Waals surface area (Å²) in [4.78, 5) is 28.5. The minimum Gasteiger partial charge on any atom is -0.407 e. The lowest BCUT2D eigenvalue weighted by atomic mass is 10.0. The maximum Gasteiger partial charge on any atom is 0.419 e. The Morgan fingerprint density at radius 2 is 1.88 bits per heavy atom. The SMILES string of the molecule is CC(=O)N1c2ccc(-c3cnn(C4CC4)c3)cc2N(C(=O)Oc2ccccc2F)C[C@@H]1C. The lowest BCUT2D eigenvalue weighted by Crippen LogP contribution is -2.52. The van der Waals surface area contributed by atoms with E-state index in [1.807, 2.05) is 36.0 Å². The summed E-state index contributed by atoms with van der Waals surface area (Å²) in [6.45, 7) is 3.59. The van der Waals surface area contributed by atoms with Crippen LogP contribution in [0, 0.1) is 5.82 Å². The van der Waals surface area contributed by atoms with Crippen molar-refractivity contribution in [2.24, 2.45) is 0 Å². The summed E-state index contributed by atoms with van der Waals surface area (Å²) in [5, 5.41) is 4.45. The van der Waals surface area contributed by atoms with Gasteiger partial charge in [-0.2, -0.15) is 5.10 Å². The van der Waals surface area contributed by atoms with Gasteiger partial charge in [-0.25, -0.2) is 9.18 Å². The number of anilines is 2. The number of ether oxygens (including phenoxy) is 1. The van der Waals surface area contributed by atoms with E-state index in [4.69, 9.17) is 4.74 Å². The summed E-state index contributed by atoms with van der Waals surface area (Å²) in [5.74, 6) is -0.865. The molecule has 0 bridgehead atoms. The zero-order chi connectivity index (χ0) is 22.4. The summed E-state index contributed by atoms with van der Waals surface area (Å²) in [7, 11) is 0. The molecular weight excluding hydrogens is 411 g/mol. The number of carbonyl (C=O) groups excluding carboxylic acids is 2. The van der Waals surface area contributed by atoms with Gasteiger partial charge in [0.2, 0.25) is 5.91 Å². The molecule has 7 nitrogen and oxygen atoms in total. The molecule has 3 aromatic rings. The van der Waals surface area contributed by atoms with Crippen LogP contribution >= 0.6 is 0 Å². The molecule has 2 aliphatic rings. The van der Waals surface area contributed by atoms with Crippen molar-refractivity contribution in [2.45, 2.75) is 38.8 Å². The number of benzene rings is 2. The van der Waals surface area contributed by atoms with Crippen molar-refractivity contribution in [2.75, 3.05) is 16.3 Å². The fraction of sp³-hybridized carbons (Fsp3) is 0.292. The molecule has 0 N–H and O–H groups in total. The highest BCUT2D eigenvalue weighted by Crippen LogP contribution is 2.40. The molecule has 8 heteroatoms. The van der Waals surface area contributed by atoms with Gasteiger partial charge in [0.05, 0.1) is 29.7 Å². The predicted octanol–water partition coefficient (Wildman–Crippen LogP) is 4.78. The highest BCUT2D eigenvalue weighted by atomic mass is 19.1. The van der Waals surface area contributed by atoms with Crippen molar-refractivity contribution in [3.8, 4) is 16.9 Å². The van der Waals surface area contributed by atoms with Gasteiger partial charge in [-0.1, -0.05) is 18.2 Å². The molecule has 0 spiro atoms. The van der Waals surface area contributed by atoms with Crippen molar-refractivity contribution in [3.63, 3.8) is 0 Å². The molecule has 0 saturated heterocycles. The number of nitrogens with zero attached hydrogens (tertiary/aromatic N) is 4. The number of aromatic nitrogens is 2. The van der Waals surface area contributed by atoms with Crippen LogP contribution in [0.1, 0.15) is 32.7 Å². The summed E-state index contributed by atoms with van der Waals surface area (Å²) >= 11 is 0. The summed E-state index contributed by atoms with van der Waals surface area (Å²) in [6.07, 6.45) is 5.36. The number of hydrogen-bond donors (Lipinski definition) is 0. The number of para-hydroxylation sites is 1. The van der Waals surface area contributed by atoms with Crippen LogP contribution in [0.5, 0.6) is 5.75 Å². The second-order valence-electron chi connectivity index (χ2n) is 8.29. The van der Waals surface area contributed by atoms with Gasteiger partial charge in [0.25, 0.3) is 0 Å². The largest absolute Gasteiger partial charge is 0.419 e. The average molecular weight is 434 g/mol. The maximum atomic E-state index is 14.1. The third kappa shape index (κ3) is 3.62. The normalized spacial score (nSPS) is 17.8. The quantitative estimate of drug-likeness (QED) is 0.595. The summed E-state index contributed by atoms with van der Waals surface area (Å²) in [5.41, 5.74) is 2.95. The number of carbonyl (C=O) groups is 2. The number of amides is 2. The molecule has 1 aliphatic heterocycles. The highest BCUT2D eigenvalue weighted by molar-refractivity contribution is 6.03. The minimum atomic E-state index is -0.697. The van der Waals surface area contributed by atoms with Crippen LogP contribution in [0.2, 0.25) is 0 Å². The Morgan fingerprint density at radius 3 is 2.59 bits per heavy atom. The van der Waals surface area contributed by atoms with E-state index in [9.17, 15) is 14.0 Å². The number of fused-ring (bicyclic) bond motifs is 1. The molecule has 1 aromatic heterocycles. The molecule has 2 amide bonds. The second kappa shape index (κ2) is 7.78. The number of halogens is 1. The molecule has 2 heterocycles. The van der Waals surface area contributed by atoms with Crippen LogP contribution in [0.25, 0.3) is 11.1 Å². The average Bonchev–Trinajstić information content (AvgIpc) is 3.50. The van der Waals surface area contributed by atoms with E-state index < -0.39 is 11.9 Å². The van der Waals surface area contributed by atoms with E-state index in [2.05, 4.69) is 5.10 Å². The first-order chi connectivity index (χ1) is 15.4. The van der Waals surface area contributed by atoms with Crippen molar-refractivity contribution in [1.29, 1.82) is 0 Å². The molecule has 2 aromatic carbocycles. The van der Waals surface area contributed by atoms with Gasteiger partial charge in [0, 0.05) is 25.2 Å². The lowest BCUT2D eigenvalue weighted by Gasteiger charge is -2.40. The Labute approximate surface area is 185 Å². The molecule has 164 valence electrons. The second-order valence-corrected chi connectivity index (χ2v) is 8.29. The fourth-order valence-corrected chi connectivity index (χ4v) is 4.16. The summed E-state index contributed by atoms with van der Waals surface area (Å²) in [6, 6.07) is 11.6. The molecule has 1 atom stereocenters. The Bertz CT molecular complexity index is 1200. The topological polar surface area (TPSA) is 67.7 Å². The number of rotatable bonds is 3.